The van der Waals surface area contributed by atoms with E-state index in [9.17, 15) is 9.18 Å². The van der Waals surface area contributed by atoms with Crippen LogP contribution < -0.4 is 4.90 Å². The number of hydrogen-bond acceptors (Lipinski definition) is 4. The van der Waals surface area contributed by atoms with Gasteiger partial charge in [-0.15, -0.1) is 0 Å². The SMILES string of the molecule is [N-]=[N+]=NCCCN1CN(c2ccc(F)cc2)C2(CCN([C@@H]3Cc4cccc5cccc3c45)CC2)C1=O. The zero-order valence-corrected chi connectivity index (χ0v) is 20.2. The van der Waals surface area contributed by atoms with E-state index in [1.54, 1.807) is 12.1 Å². The number of rotatable bonds is 6. The van der Waals surface area contributed by atoms with Crippen LogP contribution in [0.25, 0.3) is 21.2 Å². The van der Waals surface area contributed by atoms with E-state index in [0.29, 0.717) is 32.2 Å². The van der Waals surface area contributed by atoms with Crippen LogP contribution in [0.2, 0.25) is 0 Å². The molecular weight excluding hydrogens is 455 g/mol. The average molecular weight is 485 g/mol. The summed E-state index contributed by atoms with van der Waals surface area (Å²) in [5, 5.41) is 6.30. The minimum absolute atomic E-state index is 0.129. The van der Waals surface area contributed by atoms with Gasteiger partial charge < -0.3 is 9.80 Å². The van der Waals surface area contributed by atoms with Gasteiger partial charge in [-0.1, -0.05) is 41.5 Å². The fourth-order valence-corrected chi connectivity index (χ4v) is 6.51. The summed E-state index contributed by atoms with van der Waals surface area (Å²) in [6.45, 7) is 3.03. The minimum atomic E-state index is -0.635. The highest BCUT2D eigenvalue weighted by Crippen LogP contribution is 2.45. The van der Waals surface area contributed by atoms with Gasteiger partial charge in [-0.2, -0.15) is 0 Å². The first-order valence-corrected chi connectivity index (χ1v) is 12.7. The van der Waals surface area contributed by atoms with E-state index in [-0.39, 0.29) is 11.7 Å². The second kappa shape index (κ2) is 9.12. The number of carbonyl (C=O) groups is 1. The van der Waals surface area contributed by atoms with E-state index < -0.39 is 5.54 Å². The molecule has 2 saturated heterocycles. The Kier molecular flexibility index (Phi) is 5.78. The highest BCUT2D eigenvalue weighted by atomic mass is 19.1. The van der Waals surface area contributed by atoms with Crippen molar-refractivity contribution in [2.24, 2.45) is 5.11 Å². The zero-order chi connectivity index (χ0) is 24.7. The summed E-state index contributed by atoms with van der Waals surface area (Å²) in [4.78, 5) is 23.2. The monoisotopic (exact) mass is 484 g/mol. The summed E-state index contributed by atoms with van der Waals surface area (Å²) in [5.41, 5.74) is 11.6. The first-order chi connectivity index (χ1) is 17.6. The molecule has 0 N–H and O–H groups in total. The molecule has 0 aromatic heterocycles. The number of piperidine rings is 1. The Balaban J connectivity index is 1.25. The molecule has 2 aliphatic heterocycles. The van der Waals surface area contributed by atoms with Gasteiger partial charge in [0.1, 0.15) is 11.4 Å². The van der Waals surface area contributed by atoms with Crippen LogP contribution in [0, 0.1) is 5.82 Å². The van der Waals surface area contributed by atoms with Gasteiger partial charge in [-0.05, 0) is 77.4 Å². The third-order valence-corrected chi connectivity index (χ3v) is 8.26. The molecule has 3 aliphatic rings. The number of halogens is 1. The maximum absolute atomic E-state index is 13.8. The number of likely N-dealkylation sites (tertiary alicyclic amines) is 1. The van der Waals surface area contributed by atoms with Gasteiger partial charge in [0.25, 0.3) is 0 Å². The molecule has 36 heavy (non-hydrogen) atoms. The molecule has 1 aliphatic carbocycles. The molecule has 184 valence electrons. The topological polar surface area (TPSA) is 75.6 Å². The van der Waals surface area contributed by atoms with E-state index in [4.69, 9.17) is 5.53 Å². The van der Waals surface area contributed by atoms with Crippen LogP contribution in [0.3, 0.4) is 0 Å². The highest BCUT2D eigenvalue weighted by molar-refractivity contribution is 5.94. The van der Waals surface area contributed by atoms with Gasteiger partial charge in [0, 0.05) is 42.8 Å². The van der Waals surface area contributed by atoms with Crippen LogP contribution in [0.15, 0.2) is 65.8 Å². The fourth-order valence-electron chi connectivity index (χ4n) is 6.51. The molecule has 8 heteroatoms. The van der Waals surface area contributed by atoms with Gasteiger partial charge in [-0.25, -0.2) is 4.39 Å². The first kappa shape index (κ1) is 22.8. The maximum Gasteiger partial charge on any atom is 0.250 e. The Bertz CT molecular complexity index is 1340. The predicted molar refractivity (Wildman–Crippen MR) is 138 cm³/mol. The summed E-state index contributed by atoms with van der Waals surface area (Å²) in [6, 6.07) is 20.0. The molecular formula is C28H29FN6O. The third-order valence-electron chi connectivity index (χ3n) is 8.26. The van der Waals surface area contributed by atoms with Crippen LogP contribution in [-0.4, -0.2) is 54.1 Å². The van der Waals surface area contributed by atoms with E-state index in [1.807, 2.05) is 4.90 Å². The van der Waals surface area contributed by atoms with Crippen molar-refractivity contribution >= 4 is 22.4 Å². The normalized spacial score (nSPS) is 20.9. The number of hydrogen-bond donors (Lipinski definition) is 0. The second-order valence-electron chi connectivity index (χ2n) is 10.1. The van der Waals surface area contributed by atoms with Crippen LogP contribution in [-0.2, 0) is 11.2 Å². The molecule has 2 heterocycles. The Morgan fingerprint density at radius 3 is 2.56 bits per heavy atom. The molecule has 2 fully saturated rings. The van der Waals surface area contributed by atoms with Gasteiger partial charge in [-0.3, -0.25) is 9.69 Å². The van der Waals surface area contributed by atoms with Crippen LogP contribution in [0.1, 0.15) is 36.4 Å². The predicted octanol–water partition coefficient (Wildman–Crippen LogP) is 5.42. The van der Waals surface area contributed by atoms with E-state index in [0.717, 1.165) is 38.0 Å². The molecule has 1 atom stereocenters. The number of benzene rings is 3. The Labute approximate surface area is 209 Å². The number of nitrogens with zero attached hydrogens (tertiary/aromatic N) is 6. The van der Waals surface area contributed by atoms with Gasteiger partial charge in [0.15, 0.2) is 0 Å². The Morgan fingerprint density at radius 2 is 1.81 bits per heavy atom. The summed E-state index contributed by atoms with van der Waals surface area (Å²) in [6.07, 6.45) is 3.07. The quantitative estimate of drug-likeness (QED) is 0.203. The number of carbonyl (C=O) groups excluding carboxylic acids is 1. The van der Waals surface area contributed by atoms with Crippen molar-refractivity contribution in [1.29, 1.82) is 0 Å². The molecule has 0 bridgehead atoms. The van der Waals surface area contributed by atoms with E-state index >= 15 is 0 Å². The van der Waals surface area contributed by atoms with Crippen molar-refractivity contribution in [3.05, 3.63) is 88.1 Å². The lowest BCUT2D eigenvalue weighted by atomic mass is 9.84. The summed E-state index contributed by atoms with van der Waals surface area (Å²) >= 11 is 0. The average Bonchev–Trinajstić information content (AvgIpc) is 3.41. The van der Waals surface area contributed by atoms with E-state index in [1.165, 1.54) is 34.0 Å². The lowest BCUT2D eigenvalue weighted by molar-refractivity contribution is -0.133. The van der Waals surface area contributed by atoms with Crippen LogP contribution in [0.5, 0.6) is 0 Å². The third kappa shape index (κ3) is 3.69. The van der Waals surface area contributed by atoms with Crippen LogP contribution in [0.4, 0.5) is 10.1 Å². The number of amides is 1. The summed E-state index contributed by atoms with van der Waals surface area (Å²) < 4.78 is 13.7. The smallest absolute Gasteiger partial charge is 0.250 e. The molecule has 3 aromatic carbocycles. The number of azide groups is 1. The first-order valence-electron chi connectivity index (χ1n) is 12.7. The maximum atomic E-state index is 13.8. The fraction of sp³-hybridized carbons (Fsp3) is 0.393. The van der Waals surface area contributed by atoms with Crippen molar-refractivity contribution < 1.29 is 9.18 Å². The van der Waals surface area contributed by atoms with Crippen molar-refractivity contribution in [2.45, 2.75) is 37.3 Å². The molecule has 1 amide bonds. The molecule has 0 saturated carbocycles. The largest absolute Gasteiger partial charge is 0.339 e. The minimum Gasteiger partial charge on any atom is -0.339 e. The summed E-state index contributed by atoms with van der Waals surface area (Å²) in [7, 11) is 0. The lowest BCUT2D eigenvalue weighted by Gasteiger charge is -2.45. The molecule has 3 aromatic rings. The van der Waals surface area contributed by atoms with Crippen molar-refractivity contribution in [2.75, 3.05) is 37.7 Å². The van der Waals surface area contributed by atoms with E-state index in [2.05, 4.69) is 56.2 Å². The van der Waals surface area contributed by atoms with Crippen molar-refractivity contribution in [1.82, 2.24) is 9.80 Å². The number of anilines is 1. The highest BCUT2D eigenvalue weighted by Gasteiger charge is 2.54. The molecule has 0 radical (unpaired) electrons. The van der Waals surface area contributed by atoms with Crippen molar-refractivity contribution in [3.8, 4) is 0 Å². The molecule has 0 unspecified atom stereocenters. The van der Waals surface area contributed by atoms with Gasteiger partial charge in [0.2, 0.25) is 5.91 Å². The van der Waals surface area contributed by atoms with Gasteiger partial charge >= 0.3 is 0 Å². The lowest BCUT2D eigenvalue weighted by Crippen LogP contribution is -2.57. The van der Waals surface area contributed by atoms with Crippen LogP contribution >= 0.6 is 0 Å². The summed E-state index contributed by atoms with van der Waals surface area (Å²) in [5.74, 6) is -0.154. The molecule has 6 rings (SSSR count). The van der Waals surface area contributed by atoms with Crippen molar-refractivity contribution in [3.63, 3.8) is 0 Å². The standard InChI is InChI=1S/C28H29FN6O/c29-22-8-10-23(11-9-22)35-19-34(15-3-14-31-32-30)27(36)28(35)12-16-33(17-13-28)25-18-21-6-1-4-20-5-2-7-24(25)26(20)21/h1-2,4-11,25H,3,12-19H2/t25-/m1/s1. The second-order valence-corrected chi connectivity index (χ2v) is 10.1. The zero-order valence-electron chi connectivity index (χ0n) is 20.2. The Morgan fingerprint density at radius 1 is 1.06 bits per heavy atom. The molecule has 1 spiro atoms. The Hall–Kier alpha value is -3.61. The van der Waals surface area contributed by atoms with Gasteiger partial charge in [0.05, 0.1) is 6.67 Å². The molecule has 7 nitrogen and oxygen atoms in total.